The quantitative estimate of drug-likeness (QED) is 0.437. The molecule has 4 rings (SSSR count). The minimum Gasteiger partial charge on any atom is -0.480 e. The van der Waals surface area contributed by atoms with Gasteiger partial charge < -0.3 is 24.4 Å². The van der Waals surface area contributed by atoms with E-state index in [0.29, 0.717) is 19.0 Å². The molecule has 0 aliphatic carbocycles. The van der Waals surface area contributed by atoms with Gasteiger partial charge in [0.25, 0.3) is 0 Å². The van der Waals surface area contributed by atoms with Gasteiger partial charge in [-0.2, -0.15) is 5.48 Å². The number of carboxylic acid groups (broad SMARTS) is 1. The molecule has 1 aromatic carbocycles. The first-order valence-electron chi connectivity index (χ1n) is 11.1. The van der Waals surface area contributed by atoms with E-state index >= 15 is 0 Å². The average Bonchev–Trinajstić information content (AvgIpc) is 3.27. The van der Waals surface area contributed by atoms with E-state index < -0.39 is 5.97 Å². The van der Waals surface area contributed by atoms with Crippen molar-refractivity contribution in [3.05, 3.63) is 35.4 Å². The minimum absolute atomic E-state index is 0.0393. The number of hydroxylamine groups is 1. The van der Waals surface area contributed by atoms with Crippen LogP contribution >= 0.6 is 0 Å². The van der Waals surface area contributed by atoms with Crippen LogP contribution in [-0.2, 0) is 19.1 Å². The lowest BCUT2D eigenvalue weighted by Gasteiger charge is -2.32. The van der Waals surface area contributed by atoms with Crippen LogP contribution in [0.1, 0.15) is 36.4 Å². The van der Waals surface area contributed by atoms with E-state index in [1.165, 1.54) is 5.56 Å². The van der Waals surface area contributed by atoms with Crippen molar-refractivity contribution in [3.63, 3.8) is 0 Å². The number of nitrogens with zero attached hydrogens (tertiary/aromatic N) is 2. The minimum atomic E-state index is -0.912. The second-order valence-electron chi connectivity index (χ2n) is 8.42. The molecule has 1 aromatic rings. The standard InChI is InChI=1S/C22H32N4O5/c23-22(26-9-11-29-12-10-26)17-3-1-16(2-4-17)20-13-19(31-24-20)14-25-7-5-18(6-8-25)30-15-21(27)28/h1-4,18-20,23-24H,5-15H2,(H,27,28). The Labute approximate surface area is 182 Å². The van der Waals surface area contributed by atoms with Crippen LogP contribution in [0.4, 0.5) is 0 Å². The first-order chi connectivity index (χ1) is 15.1. The summed E-state index contributed by atoms with van der Waals surface area (Å²) in [6.45, 7) is 5.32. The lowest BCUT2D eigenvalue weighted by atomic mass is 10.00. The van der Waals surface area contributed by atoms with Crippen molar-refractivity contribution >= 4 is 11.8 Å². The Morgan fingerprint density at radius 3 is 2.55 bits per heavy atom. The van der Waals surface area contributed by atoms with E-state index in [4.69, 9.17) is 24.8 Å². The Balaban J connectivity index is 1.22. The number of ether oxygens (including phenoxy) is 2. The Morgan fingerprint density at radius 1 is 1.16 bits per heavy atom. The molecule has 0 aromatic heterocycles. The SMILES string of the molecule is N=C(c1ccc(C2CC(CN3CCC(OCC(=O)O)CC3)ON2)cc1)N1CCOCC1. The number of carboxylic acids is 1. The summed E-state index contributed by atoms with van der Waals surface area (Å²) in [6, 6.07) is 8.35. The van der Waals surface area contributed by atoms with E-state index in [-0.39, 0.29) is 24.9 Å². The maximum atomic E-state index is 10.6. The normalized spacial score (nSPS) is 25.6. The number of morpholine rings is 1. The lowest BCUT2D eigenvalue weighted by Crippen LogP contribution is -2.41. The van der Waals surface area contributed by atoms with Gasteiger partial charge in [0.05, 0.1) is 31.5 Å². The molecule has 3 N–H and O–H groups in total. The Morgan fingerprint density at radius 2 is 1.87 bits per heavy atom. The fourth-order valence-corrected chi connectivity index (χ4v) is 4.43. The first kappa shape index (κ1) is 22.2. The van der Waals surface area contributed by atoms with Gasteiger partial charge in [0.15, 0.2) is 0 Å². The van der Waals surface area contributed by atoms with Gasteiger partial charge in [0.2, 0.25) is 0 Å². The number of carbonyl (C=O) groups is 1. The topological polar surface area (TPSA) is 107 Å². The van der Waals surface area contributed by atoms with Crippen LogP contribution < -0.4 is 5.48 Å². The third-order valence-electron chi connectivity index (χ3n) is 6.23. The van der Waals surface area contributed by atoms with Gasteiger partial charge in [-0.15, -0.1) is 0 Å². The van der Waals surface area contributed by atoms with Gasteiger partial charge in [0.1, 0.15) is 12.4 Å². The van der Waals surface area contributed by atoms with Gasteiger partial charge in [-0.1, -0.05) is 24.3 Å². The third-order valence-corrected chi connectivity index (χ3v) is 6.23. The van der Waals surface area contributed by atoms with Gasteiger partial charge >= 0.3 is 5.97 Å². The summed E-state index contributed by atoms with van der Waals surface area (Å²) in [5.74, 6) is -0.357. The molecule has 2 atom stereocenters. The maximum absolute atomic E-state index is 10.6. The highest BCUT2D eigenvalue weighted by Gasteiger charge is 2.30. The first-order valence-corrected chi connectivity index (χ1v) is 11.1. The van der Waals surface area contributed by atoms with Crippen molar-refractivity contribution in [1.82, 2.24) is 15.3 Å². The molecule has 2 unspecified atom stereocenters. The fraction of sp³-hybridized carbons (Fsp3) is 0.636. The summed E-state index contributed by atoms with van der Waals surface area (Å²) < 4.78 is 10.8. The molecule has 3 fully saturated rings. The van der Waals surface area contributed by atoms with Crippen LogP contribution in [0.2, 0.25) is 0 Å². The molecule has 0 saturated carbocycles. The molecule has 9 heteroatoms. The highest BCUT2D eigenvalue weighted by Crippen LogP contribution is 2.27. The van der Waals surface area contributed by atoms with E-state index in [0.717, 1.165) is 57.5 Å². The number of likely N-dealkylation sites (tertiary alicyclic amines) is 1. The van der Waals surface area contributed by atoms with Crippen LogP contribution in [0.25, 0.3) is 0 Å². The van der Waals surface area contributed by atoms with Crippen LogP contribution in [0.5, 0.6) is 0 Å². The molecule has 9 nitrogen and oxygen atoms in total. The van der Waals surface area contributed by atoms with Gasteiger partial charge in [-0.3, -0.25) is 10.2 Å². The summed E-state index contributed by atoms with van der Waals surface area (Å²) in [4.78, 5) is 20.9. The Bertz CT molecular complexity index is 745. The molecule has 0 bridgehead atoms. The van der Waals surface area contributed by atoms with Gasteiger partial charge in [0, 0.05) is 38.3 Å². The van der Waals surface area contributed by atoms with Gasteiger partial charge in [-0.25, -0.2) is 4.79 Å². The van der Waals surface area contributed by atoms with Crippen molar-refractivity contribution in [2.24, 2.45) is 0 Å². The molecular formula is C22H32N4O5. The summed E-state index contributed by atoms with van der Waals surface area (Å²) in [6.07, 6.45) is 2.77. The van der Waals surface area contributed by atoms with Crippen molar-refractivity contribution in [2.45, 2.75) is 37.5 Å². The van der Waals surface area contributed by atoms with Crippen molar-refractivity contribution in [3.8, 4) is 0 Å². The summed E-state index contributed by atoms with van der Waals surface area (Å²) in [5, 5.41) is 17.2. The van der Waals surface area contributed by atoms with E-state index in [1.807, 2.05) is 12.1 Å². The molecule has 3 saturated heterocycles. The monoisotopic (exact) mass is 432 g/mol. The highest BCUT2D eigenvalue weighted by atomic mass is 16.7. The number of nitrogens with one attached hydrogen (secondary N) is 2. The molecule has 3 heterocycles. The Hall–Kier alpha value is -2.04. The van der Waals surface area contributed by atoms with E-state index in [9.17, 15) is 4.79 Å². The predicted octanol–water partition coefficient (Wildman–Crippen LogP) is 1.24. The molecular weight excluding hydrogens is 400 g/mol. The van der Waals surface area contributed by atoms with E-state index in [2.05, 4.69) is 27.4 Å². The third kappa shape index (κ3) is 6.02. The zero-order chi connectivity index (χ0) is 21.6. The van der Waals surface area contributed by atoms with Crippen molar-refractivity contribution in [1.29, 1.82) is 5.41 Å². The second-order valence-corrected chi connectivity index (χ2v) is 8.42. The lowest BCUT2D eigenvalue weighted by molar-refractivity contribution is -0.145. The molecule has 31 heavy (non-hydrogen) atoms. The number of rotatable bonds is 7. The summed E-state index contributed by atoms with van der Waals surface area (Å²) in [5.41, 5.74) is 5.26. The highest BCUT2D eigenvalue weighted by molar-refractivity contribution is 5.96. The summed E-state index contributed by atoms with van der Waals surface area (Å²) >= 11 is 0. The van der Waals surface area contributed by atoms with Gasteiger partial charge in [-0.05, 0) is 24.8 Å². The number of hydrogen-bond acceptors (Lipinski definition) is 7. The predicted molar refractivity (Wildman–Crippen MR) is 114 cm³/mol. The smallest absolute Gasteiger partial charge is 0.329 e. The van der Waals surface area contributed by atoms with Crippen LogP contribution in [-0.4, -0.2) is 91.5 Å². The van der Waals surface area contributed by atoms with Crippen LogP contribution in [0.3, 0.4) is 0 Å². The average molecular weight is 433 g/mol. The molecule has 0 radical (unpaired) electrons. The summed E-state index contributed by atoms with van der Waals surface area (Å²) in [7, 11) is 0. The maximum Gasteiger partial charge on any atom is 0.329 e. The van der Waals surface area contributed by atoms with Crippen molar-refractivity contribution < 1.29 is 24.2 Å². The number of amidine groups is 1. The molecule has 170 valence electrons. The van der Waals surface area contributed by atoms with E-state index in [1.54, 1.807) is 0 Å². The number of aliphatic carboxylic acids is 1. The zero-order valence-electron chi connectivity index (χ0n) is 17.8. The fourth-order valence-electron chi connectivity index (χ4n) is 4.43. The largest absolute Gasteiger partial charge is 0.480 e. The molecule has 3 aliphatic heterocycles. The number of piperidine rings is 1. The second kappa shape index (κ2) is 10.5. The molecule has 0 spiro atoms. The molecule has 3 aliphatic rings. The van der Waals surface area contributed by atoms with Crippen molar-refractivity contribution in [2.75, 3.05) is 52.5 Å². The number of benzene rings is 1. The molecule has 0 amide bonds. The number of hydrogen-bond donors (Lipinski definition) is 3. The van der Waals surface area contributed by atoms with Crippen LogP contribution in [0, 0.1) is 5.41 Å². The zero-order valence-corrected chi connectivity index (χ0v) is 17.8. The van der Waals surface area contributed by atoms with Crippen LogP contribution in [0.15, 0.2) is 24.3 Å². The Kier molecular flexibility index (Phi) is 7.52.